The number of Topliss-reactive ketones (excluding diaryl/α,β-unsaturated/α-hetero) is 1. The molecule has 1 N–H and O–H groups in total. The van der Waals surface area contributed by atoms with Crippen molar-refractivity contribution in [3.05, 3.63) is 34.9 Å². The molecule has 1 aliphatic heterocycles. The predicted molar refractivity (Wildman–Crippen MR) is 59.2 cm³/mol. The first-order valence-corrected chi connectivity index (χ1v) is 5.63. The molecule has 0 amide bonds. The lowest BCUT2D eigenvalue weighted by molar-refractivity contribution is 0.0904. The van der Waals surface area contributed by atoms with Crippen LogP contribution in [0, 0.1) is 12.8 Å². The van der Waals surface area contributed by atoms with Crippen molar-refractivity contribution in [3.8, 4) is 0 Å². The predicted octanol–water partition coefficient (Wildman–Crippen LogP) is 1.88. The molecule has 3 rings (SSSR count). The Hall–Kier alpha value is -1.15. The van der Waals surface area contributed by atoms with Crippen LogP contribution in [-0.4, -0.2) is 18.9 Å². The van der Waals surface area contributed by atoms with Crippen LogP contribution in [0.4, 0.5) is 0 Å². The third kappa shape index (κ3) is 1.25. The largest absolute Gasteiger partial charge is 0.316 e. The Morgan fingerprint density at radius 2 is 2.20 bits per heavy atom. The van der Waals surface area contributed by atoms with Gasteiger partial charge in [0, 0.05) is 23.9 Å². The summed E-state index contributed by atoms with van der Waals surface area (Å²) in [4.78, 5) is 12.1. The van der Waals surface area contributed by atoms with Crippen LogP contribution >= 0.6 is 0 Å². The molecule has 1 heterocycles. The van der Waals surface area contributed by atoms with Crippen LogP contribution in [0.15, 0.2) is 18.2 Å². The second-order valence-corrected chi connectivity index (χ2v) is 4.66. The molecule has 1 aliphatic carbocycles. The smallest absolute Gasteiger partial charge is 0.166 e. The van der Waals surface area contributed by atoms with Gasteiger partial charge in [-0.2, -0.15) is 0 Å². The van der Waals surface area contributed by atoms with Gasteiger partial charge < -0.3 is 5.32 Å². The summed E-state index contributed by atoms with van der Waals surface area (Å²) in [5.41, 5.74) is 3.50. The molecular weight excluding hydrogens is 186 g/mol. The van der Waals surface area contributed by atoms with E-state index in [1.807, 2.05) is 12.1 Å². The van der Waals surface area contributed by atoms with Gasteiger partial charge in [0.1, 0.15) is 0 Å². The zero-order chi connectivity index (χ0) is 10.4. The highest BCUT2D eigenvalue weighted by Crippen LogP contribution is 2.40. The van der Waals surface area contributed by atoms with Crippen LogP contribution < -0.4 is 5.32 Å². The number of rotatable bonds is 0. The Balaban J connectivity index is 2.12. The van der Waals surface area contributed by atoms with Crippen molar-refractivity contribution in [2.24, 2.45) is 5.92 Å². The number of carbonyl (C=O) groups is 1. The van der Waals surface area contributed by atoms with Gasteiger partial charge in [-0.25, -0.2) is 0 Å². The molecule has 0 bridgehead atoms. The first-order chi connectivity index (χ1) is 7.27. The van der Waals surface area contributed by atoms with E-state index < -0.39 is 0 Å². The Bertz CT molecular complexity index is 425. The number of carbonyl (C=O) groups excluding carboxylic acids is 1. The number of aryl methyl sites for hydroxylation is 1. The fourth-order valence-electron chi connectivity index (χ4n) is 2.91. The van der Waals surface area contributed by atoms with Crippen molar-refractivity contribution in [2.75, 3.05) is 13.1 Å². The van der Waals surface area contributed by atoms with Gasteiger partial charge in [-0.3, -0.25) is 4.79 Å². The molecule has 1 aromatic carbocycles. The molecule has 1 saturated heterocycles. The minimum absolute atomic E-state index is 0.253. The van der Waals surface area contributed by atoms with Crippen molar-refractivity contribution in [3.63, 3.8) is 0 Å². The molecule has 2 aliphatic rings. The van der Waals surface area contributed by atoms with E-state index in [9.17, 15) is 4.79 Å². The summed E-state index contributed by atoms with van der Waals surface area (Å²) < 4.78 is 0. The minimum Gasteiger partial charge on any atom is -0.316 e. The Labute approximate surface area is 89.7 Å². The molecule has 2 heteroatoms. The molecule has 0 saturated carbocycles. The zero-order valence-corrected chi connectivity index (χ0v) is 8.92. The molecule has 2 nitrogen and oxygen atoms in total. The van der Waals surface area contributed by atoms with E-state index in [-0.39, 0.29) is 5.92 Å². The van der Waals surface area contributed by atoms with Gasteiger partial charge in [0.05, 0.1) is 0 Å². The summed E-state index contributed by atoms with van der Waals surface area (Å²) >= 11 is 0. The van der Waals surface area contributed by atoms with Gasteiger partial charge in [0.2, 0.25) is 0 Å². The summed E-state index contributed by atoms with van der Waals surface area (Å²) in [5.74, 6) is 1.06. The fourth-order valence-corrected chi connectivity index (χ4v) is 2.91. The highest BCUT2D eigenvalue weighted by atomic mass is 16.1. The van der Waals surface area contributed by atoms with E-state index in [4.69, 9.17) is 0 Å². The number of nitrogens with one attached hydrogen (secondary N) is 1. The normalized spacial score (nSPS) is 28.7. The molecule has 0 radical (unpaired) electrons. The average molecular weight is 201 g/mol. The summed E-state index contributed by atoms with van der Waals surface area (Å²) in [5, 5.41) is 3.38. The molecule has 1 fully saturated rings. The van der Waals surface area contributed by atoms with Crippen LogP contribution in [0.2, 0.25) is 0 Å². The topological polar surface area (TPSA) is 29.1 Å². The van der Waals surface area contributed by atoms with Crippen molar-refractivity contribution in [2.45, 2.75) is 19.3 Å². The van der Waals surface area contributed by atoms with Crippen molar-refractivity contribution in [1.29, 1.82) is 0 Å². The highest BCUT2D eigenvalue weighted by Gasteiger charge is 2.40. The first kappa shape index (κ1) is 9.10. The maximum Gasteiger partial charge on any atom is 0.166 e. The van der Waals surface area contributed by atoms with E-state index in [1.54, 1.807) is 0 Å². The third-order valence-electron chi connectivity index (χ3n) is 3.69. The third-order valence-corrected chi connectivity index (χ3v) is 3.69. The first-order valence-electron chi connectivity index (χ1n) is 5.63. The monoisotopic (exact) mass is 201 g/mol. The Morgan fingerprint density at radius 1 is 1.33 bits per heavy atom. The van der Waals surface area contributed by atoms with Crippen LogP contribution in [0.3, 0.4) is 0 Å². The summed E-state index contributed by atoms with van der Waals surface area (Å²) in [6.45, 7) is 4.04. The van der Waals surface area contributed by atoms with Gasteiger partial charge in [-0.05, 0) is 25.5 Å². The summed E-state index contributed by atoms with van der Waals surface area (Å²) in [6, 6.07) is 6.23. The molecule has 2 atom stereocenters. The molecular formula is C13H15NO. The van der Waals surface area contributed by atoms with E-state index in [1.165, 1.54) is 11.1 Å². The number of hydrogen-bond donors (Lipinski definition) is 1. The van der Waals surface area contributed by atoms with Gasteiger partial charge in [0.25, 0.3) is 0 Å². The SMILES string of the molecule is Cc1ccc2c(c1)C1CNCCC1C2=O. The van der Waals surface area contributed by atoms with Gasteiger partial charge in [-0.1, -0.05) is 23.8 Å². The van der Waals surface area contributed by atoms with Crippen LogP contribution in [0.5, 0.6) is 0 Å². The minimum atomic E-state index is 0.253. The fraction of sp³-hybridized carbons (Fsp3) is 0.462. The second kappa shape index (κ2) is 3.17. The molecule has 2 unspecified atom stereocenters. The molecule has 1 aromatic rings. The van der Waals surface area contributed by atoms with Crippen LogP contribution in [0.25, 0.3) is 0 Å². The lowest BCUT2D eigenvalue weighted by atomic mass is 9.86. The highest BCUT2D eigenvalue weighted by molar-refractivity contribution is 6.03. The average Bonchev–Trinajstić information content (AvgIpc) is 2.54. The van der Waals surface area contributed by atoms with Crippen molar-refractivity contribution in [1.82, 2.24) is 5.32 Å². The number of benzene rings is 1. The van der Waals surface area contributed by atoms with Gasteiger partial charge in [0.15, 0.2) is 5.78 Å². The van der Waals surface area contributed by atoms with Crippen LogP contribution in [-0.2, 0) is 0 Å². The van der Waals surface area contributed by atoms with Crippen molar-refractivity contribution >= 4 is 5.78 Å². The standard InChI is InChI=1S/C13H15NO/c1-8-2-3-9-11(6-8)12-7-14-5-4-10(12)13(9)15/h2-3,6,10,12,14H,4-5,7H2,1H3. The number of hydrogen-bond acceptors (Lipinski definition) is 2. The molecule has 0 spiro atoms. The maximum atomic E-state index is 12.1. The van der Waals surface area contributed by atoms with E-state index in [2.05, 4.69) is 18.3 Å². The maximum absolute atomic E-state index is 12.1. The number of ketones is 1. The lowest BCUT2D eigenvalue weighted by Gasteiger charge is -2.25. The second-order valence-electron chi connectivity index (χ2n) is 4.66. The molecule has 78 valence electrons. The summed E-state index contributed by atoms with van der Waals surface area (Å²) in [7, 11) is 0. The Kier molecular flexibility index (Phi) is 1.93. The number of piperidine rings is 1. The lowest BCUT2D eigenvalue weighted by Crippen LogP contribution is -2.34. The molecule has 15 heavy (non-hydrogen) atoms. The van der Waals surface area contributed by atoms with E-state index in [0.717, 1.165) is 25.1 Å². The molecule has 0 aromatic heterocycles. The quantitative estimate of drug-likeness (QED) is 0.694. The Morgan fingerprint density at radius 3 is 3.07 bits per heavy atom. The van der Waals surface area contributed by atoms with Crippen LogP contribution in [0.1, 0.15) is 33.8 Å². The van der Waals surface area contributed by atoms with E-state index >= 15 is 0 Å². The summed E-state index contributed by atoms with van der Waals surface area (Å²) in [6.07, 6.45) is 0.997. The van der Waals surface area contributed by atoms with E-state index in [0.29, 0.717) is 11.7 Å². The van der Waals surface area contributed by atoms with Crippen molar-refractivity contribution < 1.29 is 4.79 Å². The zero-order valence-electron chi connectivity index (χ0n) is 8.92. The van der Waals surface area contributed by atoms with Gasteiger partial charge >= 0.3 is 0 Å². The number of fused-ring (bicyclic) bond motifs is 3. The van der Waals surface area contributed by atoms with Gasteiger partial charge in [-0.15, -0.1) is 0 Å².